The summed E-state index contributed by atoms with van der Waals surface area (Å²) in [5.74, 6) is 0.868. The number of para-hydroxylation sites is 1. The van der Waals surface area contributed by atoms with E-state index in [1.807, 2.05) is 36.4 Å². The van der Waals surface area contributed by atoms with Gasteiger partial charge in [-0.3, -0.25) is 9.69 Å². The van der Waals surface area contributed by atoms with Crippen LogP contribution in [-0.4, -0.2) is 34.5 Å². The Balaban J connectivity index is 1.50. The SMILES string of the molecule is C[C@@H]1[C@@]2(C)CCN(CCC(=O)Nc3ccccc3)[C@]1(C)Cc1ccc(O)cc12. The quantitative estimate of drug-likeness (QED) is 0.832. The maximum atomic E-state index is 12.4. The molecule has 4 rings (SSSR count). The summed E-state index contributed by atoms with van der Waals surface area (Å²) >= 11 is 0. The van der Waals surface area contributed by atoms with Gasteiger partial charge < -0.3 is 10.4 Å². The van der Waals surface area contributed by atoms with E-state index in [4.69, 9.17) is 0 Å². The molecule has 3 atom stereocenters. The molecule has 1 amide bonds. The maximum Gasteiger partial charge on any atom is 0.225 e. The van der Waals surface area contributed by atoms with Gasteiger partial charge in [-0.2, -0.15) is 0 Å². The molecule has 148 valence electrons. The van der Waals surface area contributed by atoms with E-state index in [2.05, 4.69) is 37.1 Å². The average molecular weight is 379 g/mol. The third kappa shape index (κ3) is 3.10. The van der Waals surface area contributed by atoms with E-state index in [1.165, 1.54) is 11.1 Å². The molecule has 2 aromatic carbocycles. The van der Waals surface area contributed by atoms with Crippen molar-refractivity contribution in [2.75, 3.05) is 18.4 Å². The maximum absolute atomic E-state index is 12.4. The lowest BCUT2D eigenvalue weighted by Gasteiger charge is -2.61. The van der Waals surface area contributed by atoms with Gasteiger partial charge in [0.15, 0.2) is 0 Å². The zero-order valence-corrected chi connectivity index (χ0v) is 17.0. The van der Waals surface area contributed by atoms with Crippen LogP contribution in [0.25, 0.3) is 0 Å². The number of carbonyl (C=O) groups excluding carboxylic acids is 1. The molecule has 0 saturated carbocycles. The van der Waals surface area contributed by atoms with Gasteiger partial charge in [-0.05, 0) is 73.0 Å². The Labute approximate surface area is 167 Å². The van der Waals surface area contributed by atoms with Crippen molar-refractivity contribution in [2.24, 2.45) is 5.92 Å². The molecule has 2 N–H and O–H groups in total. The van der Waals surface area contributed by atoms with Crippen molar-refractivity contribution in [1.29, 1.82) is 0 Å². The van der Waals surface area contributed by atoms with Gasteiger partial charge in [-0.1, -0.05) is 38.1 Å². The van der Waals surface area contributed by atoms with Crippen LogP contribution in [0, 0.1) is 5.92 Å². The molecule has 0 aromatic heterocycles. The molecule has 0 spiro atoms. The van der Waals surface area contributed by atoms with Crippen LogP contribution in [-0.2, 0) is 16.6 Å². The minimum Gasteiger partial charge on any atom is -0.508 e. The highest BCUT2D eigenvalue weighted by Crippen LogP contribution is 2.54. The highest BCUT2D eigenvalue weighted by Gasteiger charge is 2.54. The fourth-order valence-electron chi connectivity index (χ4n) is 5.42. The number of carbonyl (C=O) groups is 1. The van der Waals surface area contributed by atoms with E-state index in [1.54, 1.807) is 6.07 Å². The zero-order valence-electron chi connectivity index (χ0n) is 17.0. The summed E-state index contributed by atoms with van der Waals surface area (Å²) in [6.07, 6.45) is 2.50. The topological polar surface area (TPSA) is 52.6 Å². The minimum absolute atomic E-state index is 0.0179. The number of piperidine rings is 1. The Kier molecular flexibility index (Phi) is 4.70. The number of nitrogens with one attached hydrogen (secondary N) is 1. The molecule has 1 saturated heterocycles. The lowest BCUT2D eigenvalue weighted by Crippen LogP contribution is -2.65. The smallest absolute Gasteiger partial charge is 0.225 e. The first-order chi connectivity index (χ1) is 13.3. The van der Waals surface area contributed by atoms with Crippen LogP contribution in [0.1, 0.15) is 44.7 Å². The molecule has 0 unspecified atom stereocenters. The van der Waals surface area contributed by atoms with Gasteiger partial charge in [0, 0.05) is 24.2 Å². The first-order valence-electron chi connectivity index (χ1n) is 10.3. The van der Waals surface area contributed by atoms with Gasteiger partial charge in [0.1, 0.15) is 5.75 Å². The van der Waals surface area contributed by atoms with Crippen LogP contribution in [0.2, 0.25) is 0 Å². The summed E-state index contributed by atoms with van der Waals surface area (Å²) in [5.41, 5.74) is 3.57. The summed E-state index contributed by atoms with van der Waals surface area (Å²) in [6, 6.07) is 15.5. The van der Waals surface area contributed by atoms with E-state index in [0.29, 0.717) is 18.1 Å². The monoisotopic (exact) mass is 378 g/mol. The number of rotatable bonds is 4. The van der Waals surface area contributed by atoms with Crippen molar-refractivity contribution in [3.8, 4) is 5.75 Å². The van der Waals surface area contributed by atoms with E-state index in [0.717, 1.165) is 31.6 Å². The van der Waals surface area contributed by atoms with Gasteiger partial charge in [-0.15, -0.1) is 0 Å². The van der Waals surface area contributed by atoms with E-state index >= 15 is 0 Å². The Bertz CT molecular complexity index is 881. The molecule has 0 radical (unpaired) electrons. The number of anilines is 1. The van der Waals surface area contributed by atoms with Crippen molar-refractivity contribution < 1.29 is 9.90 Å². The second-order valence-corrected chi connectivity index (χ2v) is 8.92. The lowest BCUT2D eigenvalue weighted by atomic mass is 9.54. The second kappa shape index (κ2) is 6.93. The Morgan fingerprint density at radius 2 is 1.96 bits per heavy atom. The zero-order chi connectivity index (χ0) is 19.9. The van der Waals surface area contributed by atoms with E-state index < -0.39 is 0 Å². The number of phenolic OH excluding ortho intramolecular Hbond substituents is 1. The molecular formula is C24H30N2O2. The Hall–Kier alpha value is -2.33. The first kappa shape index (κ1) is 19.0. The highest BCUT2D eigenvalue weighted by atomic mass is 16.3. The molecule has 1 aliphatic carbocycles. The van der Waals surface area contributed by atoms with Crippen LogP contribution in [0.5, 0.6) is 5.75 Å². The van der Waals surface area contributed by atoms with Crippen molar-refractivity contribution in [1.82, 2.24) is 4.90 Å². The van der Waals surface area contributed by atoms with Crippen molar-refractivity contribution in [2.45, 2.75) is 51.0 Å². The first-order valence-corrected chi connectivity index (χ1v) is 10.3. The van der Waals surface area contributed by atoms with Crippen molar-refractivity contribution in [3.05, 3.63) is 59.7 Å². The van der Waals surface area contributed by atoms with E-state index in [9.17, 15) is 9.90 Å². The van der Waals surface area contributed by atoms with Gasteiger partial charge in [0.05, 0.1) is 0 Å². The average Bonchev–Trinajstić information content (AvgIpc) is 2.67. The number of hydrogen-bond acceptors (Lipinski definition) is 3. The van der Waals surface area contributed by atoms with E-state index in [-0.39, 0.29) is 16.9 Å². The Morgan fingerprint density at radius 3 is 2.71 bits per heavy atom. The predicted octanol–water partition coefficient (Wildman–Crippen LogP) is 4.34. The van der Waals surface area contributed by atoms with Crippen LogP contribution >= 0.6 is 0 Å². The highest BCUT2D eigenvalue weighted by molar-refractivity contribution is 5.90. The molecular weight excluding hydrogens is 348 g/mol. The fourth-order valence-corrected chi connectivity index (χ4v) is 5.42. The number of fused-ring (bicyclic) bond motifs is 4. The molecule has 1 fully saturated rings. The summed E-state index contributed by atoms with van der Waals surface area (Å²) < 4.78 is 0. The van der Waals surface area contributed by atoms with Gasteiger partial charge in [0.2, 0.25) is 5.91 Å². The lowest BCUT2D eigenvalue weighted by molar-refractivity contribution is -0.117. The number of aromatic hydroxyl groups is 1. The van der Waals surface area contributed by atoms with Crippen molar-refractivity contribution >= 4 is 11.6 Å². The van der Waals surface area contributed by atoms with Gasteiger partial charge in [0.25, 0.3) is 0 Å². The number of amides is 1. The number of hydrogen-bond donors (Lipinski definition) is 2. The molecule has 2 aromatic rings. The van der Waals surface area contributed by atoms with Crippen LogP contribution in [0.15, 0.2) is 48.5 Å². The summed E-state index contributed by atoms with van der Waals surface area (Å²) in [7, 11) is 0. The molecule has 1 heterocycles. The predicted molar refractivity (Wildman–Crippen MR) is 113 cm³/mol. The second-order valence-electron chi connectivity index (χ2n) is 8.92. The standard InChI is InChI=1S/C24H30N2O2/c1-17-23(2)12-14-26(13-11-22(28)25-19-7-5-4-6-8-19)24(17,3)16-18-9-10-20(27)15-21(18)23/h4-10,15,17,27H,11-14,16H2,1-3H3,(H,25,28)/t17-,23-,24-/m1/s1. The fraction of sp³-hybridized carbons (Fsp3) is 0.458. The van der Waals surface area contributed by atoms with Crippen molar-refractivity contribution in [3.63, 3.8) is 0 Å². The molecule has 1 aliphatic heterocycles. The minimum atomic E-state index is 0.0179. The Morgan fingerprint density at radius 1 is 1.21 bits per heavy atom. The summed E-state index contributed by atoms with van der Waals surface area (Å²) in [5, 5.41) is 13.0. The number of phenols is 1. The van der Waals surface area contributed by atoms with Gasteiger partial charge in [-0.25, -0.2) is 0 Å². The largest absolute Gasteiger partial charge is 0.508 e. The van der Waals surface area contributed by atoms with Crippen LogP contribution in [0.3, 0.4) is 0 Å². The molecule has 28 heavy (non-hydrogen) atoms. The summed E-state index contributed by atoms with van der Waals surface area (Å²) in [6.45, 7) is 8.77. The van der Waals surface area contributed by atoms with Gasteiger partial charge >= 0.3 is 0 Å². The third-order valence-electron chi connectivity index (χ3n) is 7.44. The molecule has 2 bridgehead atoms. The number of benzene rings is 2. The number of nitrogens with zero attached hydrogens (tertiary/aromatic N) is 1. The molecule has 4 heteroatoms. The molecule has 4 nitrogen and oxygen atoms in total. The third-order valence-corrected chi connectivity index (χ3v) is 7.44. The summed E-state index contributed by atoms with van der Waals surface area (Å²) in [4.78, 5) is 15.0. The molecule has 2 aliphatic rings. The van der Waals surface area contributed by atoms with Crippen LogP contribution < -0.4 is 5.32 Å². The number of likely N-dealkylation sites (tertiary alicyclic amines) is 1. The normalized spacial score (nSPS) is 29.2. The van der Waals surface area contributed by atoms with Crippen LogP contribution in [0.4, 0.5) is 5.69 Å².